The van der Waals surface area contributed by atoms with E-state index < -0.39 is 11.7 Å². The molecule has 0 spiro atoms. The van der Waals surface area contributed by atoms with Crippen LogP contribution in [0.5, 0.6) is 0 Å². The first-order valence-electron chi connectivity index (χ1n) is 10.1. The van der Waals surface area contributed by atoms with Crippen LogP contribution in [-0.4, -0.2) is 36.1 Å². The van der Waals surface area contributed by atoms with Crippen molar-refractivity contribution in [1.29, 1.82) is 0 Å². The molecule has 0 amide bonds. The summed E-state index contributed by atoms with van der Waals surface area (Å²) in [6.45, 7) is 0.381. The second-order valence-corrected chi connectivity index (χ2v) is 8.00. The summed E-state index contributed by atoms with van der Waals surface area (Å²) in [6, 6.07) is 9.70. The maximum atomic E-state index is 13.2. The fourth-order valence-corrected chi connectivity index (χ4v) is 3.88. The van der Waals surface area contributed by atoms with Crippen molar-refractivity contribution in [3.8, 4) is 0 Å². The van der Waals surface area contributed by atoms with Crippen LogP contribution in [0.4, 0.5) is 13.2 Å². The number of hydrogen-bond acceptors (Lipinski definition) is 5. The van der Waals surface area contributed by atoms with Crippen LogP contribution in [0.1, 0.15) is 60.3 Å². The van der Waals surface area contributed by atoms with E-state index in [4.69, 9.17) is 0 Å². The Morgan fingerprint density at radius 2 is 1.93 bits per heavy atom. The quantitative estimate of drug-likeness (QED) is 0.581. The molecule has 30 heavy (non-hydrogen) atoms. The molecule has 2 aliphatic carbocycles. The van der Waals surface area contributed by atoms with Gasteiger partial charge in [-0.15, -0.1) is 5.10 Å². The lowest BCUT2D eigenvalue weighted by molar-refractivity contribution is -0.137. The van der Waals surface area contributed by atoms with Gasteiger partial charge in [-0.3, -0.25) is 9.88 Å². The van der Waals surface area contributed by atoms with Crippen molar-refractivity contribution in [2.75, 3.05) is 0 Å². The minimum atomic E-state index is -4.36. The highest BCUT2D eigenvalue weighted by atomic mass is 19.4. The van der Waals surface area contributed by atoms with Gasteiger partial charge in [0.05, 0.1) is 17.6 Å². The van der Waals surface area contributed by atoms with Crippen LogP contribution in [0.2, 0.25) is 0 Å². The highest BCUT2D eigenvalue weighted by Gasteiger charge is 2.40. The summed E-state index contributed by atoms with van der Waals surface area (Å²) in [5.41, 5.74) is 0.931. The molecule has 9 heteroatoms. The van der Waals surface area contributed by atoms with Crippen molar-refractivity contribution in [3.63, 3.8) is 0 Å². The lowest BCUT2D eigenvalue weighted by Crippen LogP contribution is -2.33. The summed E-state index contributed by atoms with van der Waals surface area (Å²) >= 11 is 0. The molecule has 6 nitrogen and oxygen atoms in total. The first kappa shape index (κ1) is 19.2. The van der Waals surface area contributed by atoms with Gasteiger partial charge in [0.25, 0.3) is 0 Å². The molecule has 1 unspecified atom stereocenters. The molecular weight excluding hydrogens is 393 g/mol. The van der Waals surface area contributed by atoms with Crippen molar-refractivity contribution < 1.29 is 13.2 Å². The van der Waals surface area contributed by atoms with E-state index in [0.717, 1.165) is 43.1 Å². The van der Waals surface area contributed by atoms with Crippen molar-refractivity contribution in [2.45, 2.75) is 56.5 Å². The number of benzene rings is 1. The normalized spacial score (nSPS) is 18.0. The Balaban J connectivity index is 1.54. The van der Waals surface area contributed by atoms with E-state index in [1.165, 1.54) is 12.1 Å². The Morgan fingerprint density at radius 1 is 1.10 bits per heavy atom. The van der Waals surface area contributed by atoms with Crippen LogP contribution >= 0.6 is 0 Å². The minimum absolute atomic E-state index is 0.267. The molecular formula is C21H21F3N6. The highest BCUT2D eigenvalue weighted by molar-refractivity contribution is 5.28. The van der Waals surface area contributed by atoms with Gasteiger partial charge in [0.2, 0.25) is 0 Å². The molecule has 0 aliphatic heterocycles. The Hall–Kier alpha value is -2.81. The zero-order chi connectivity index (χ0) is 20.7. The molecule has 2 saturated carbocycles. The van der Waals surface area contributed by atoms with Gasteiger partial charge in [0, 0.05) is 25.0 Å². The molecule has 3 aromatic rings. The molecule has 2 heterocycles. The van der Waals surface area contributed by atoms with Gasteiger partial charge in [-0.1, -0.05) is 24.3 Å². The fraction of sp³-hybridized carbons (Fsp3) is 0.429. The second-order valence-electron chi connectivity index (χ2n) is 8.00. The molecule has 5 rings (SSSR count). The van der Waals surface area contributed by atoms with Crippen LogP contribution in [0.25, 0.3) is 0 Å². The predicted molar refractivity (Wildman–Crippen MR) is 102 cm³/mol. The van der Waals surface area contributed by atoms with E-state index in [2.05, 4.69) is 25.4 Å². The molecule has 1 atom stereocenters. The third-order valence-electron chi connectivity index (χ3n) is 5.62. The first-order valence-corrected chi connectivity index (χ1v) is 10.1. The number of hydrogen-bond donors (Lipinski definition) is 0. The number of tetrazole rings is 1. The molecule has 0 radical (unpaired) electrons. The minimum Gasteiger partial charge on any atom is -0.282 e. The SMILES string of the molecule is FC(F)(F)c1cccc(CN(C2CC2)C(c2cccnc2)c2nnnn2C2CC2)c1. The predicted octanol–water partition coefficient (Wildman–Crippen LogP) is 4.18. The summed E-state index contributed by atoms with van der Waals surface area (Å²) in [5.74, 6) is 0.726. The van der Waals surface area contributed by atoms with E-state index in [-0.39, 0.29) is 12.1 Å². The zero-order valence-electron chi connectivity index (χ0n) is 16.2. The maximum absolute atomic E-state index is 13.2. The van der Waals surface area contributed by atoms with Crippen LogP contribution in [0, 0.1) is 0 Å². The summed E-state index contributed by atoms with van der Waals surface area (Å²) in [5, 5.41) is 12.4. The second kappa shape index (κ2) is 7.46. The van der Waals surface area contributed by atoms with E-state index in [0.29, 0.717) is 18.2 Å². The highest BCUT2D eigenvalue weighted by Crippen LogP contribution is 2.42. The van der Waals surface area contributed by atoms with Crippen LogP contribution in [0.15, 0.2) is 48.8 Å². The fourth-order valence-electron chi connectivity index (χ4n) is 3.88. The molecule has 156 valence electrons. The van der Waals surface area contributed by atoms with Gasteiger partial charge in [-0.2, -0.15) is 13.2 Å². The number of halogens is 3. The van der Waals surface area contributed by atoms with E-state index in [1.54, 1.807) is 18.5 Å². The van der Waals surface area contributed by atoms with E-state index in [1.807, 2.05) is 16.8 Å². The number of rotatable bonds is 7. The van der Waals surface area contributed by atoms with Crippen molar-refractivity contribution in [3.05, 3.63) is 71.3 Å². The number of pyridine rings is 1. The van der Waals surface area contributed by atoms with Crippen LogP contribution in [-0.2, 0) is 12.7 Å². The Labute approximate surface area is 171 Å². The largest absolute Gasteiger partial charge is 0.416 e. The van der Waals surface area contributed by atoms with Gasteiger partial charge in [-0.25, -0.2) is 4.68 Å². The van der Waals surface area contributed by atoms with Gasteiger partial charge in [0.15, 0.2) is 5.82 Å². The zero-order valence-corrected chi connectivity index (χ0v) is 16.2. The standard InChI is InChI=1S/C21H21F3N6/c22-21(23,24)16-5-1-3-14(11-16)13-29(17-6-7-17)19(15-4-2-10-25-12-15)20-26-27-28-30(20)18-8-9-18/h1-5,10-12,17-19H,6-9,13H2. The van der Waals surface area contributed by atoms with Gasteiger partial charge < -0.3 is 0 Å². The maximum Gasteiger partial charge on any atom is 0.416 e. The lowest BCUT2D eigenvalue weighted by atomic mass is 10.0. The van der Waals surface area contributed by atoms with E-state index >= 15 is 0 Å². The number of aromatic nitrogens is 5. The van der Waals surface area contributed by atoms with Gasteiger partial charge in [-0.05, 0) is 59.4 Å². The summed E-state index contributed by atoms with van der Waals surface area (Å²) in [7, 11) is 0. The van der Waals surface area contributed by atoms with Gasteiger partial charge >= 0.3 is 6.18 Å². The summed E-state index contributed by atoms with van der Waals surface area (Å²) in [6.07, 6.45) is 3.21. The van der Waals surface area contributed by atoms with Gasteiger partial charge in [0.1, 0.15) is 0 Å². The lowest BCUT2D eigenvalue weighted by Gasteiger charge is -2.31. The van der Waals surface area contributed by atoms with E-state index in [9.17, 15) is 13.2 Å². The molecule has 1 aromatic carbocycles. The monoisotopic (exact) mass is 414 g/mol. The molecule has 2 aliphatic rings. The molecule has 2 fully saturated rings. The Bertz CT molecular complexity index is 1010. The van der Waals surface area contributed by atoms with Crippen LogP contribution in [0.3, 0.4) is 0 Å². The first-order chi connectivity index (χ1) is 14.5. The third-order valence-corrected chi connectivity index (χ3v) is 5.62. The molecule has 0 N–H and O–H groups in total. The average Bonchev–Trinajstić information content (AvgIpc) is 3.67. The number of nitrogens with zero attached hydrogens (tertiary/aromatic N) is 6. The molecule has 0 saturated heterocycles. The summed E-state index contributed by atoms with van der Waals surface area (Å²) in [4.78, 5) is 6.49. The van der Waals surface area contributed by atoms with Crippen molar-refractivity contribution in [1.82, 2.24) is 30.1 Å². The van der Waals surface area contributed by atoms with Crippen molar-refractivity contribution >= 4 is 0 Å². The van der Waals surface area contributed by atoms with Crippen LogP contribution < -0.4 is 0 Å². The Morgan fingerprint density at radius 3 is 2.60 bits per heavy atom. The molecule has 0 bridgehead atoms. The average molecular weight is 414 g/mol. The third kappa shape index (κ3) is 3.94. The Kier molecular flexibility index (Phi) is 4.77. The summed E-state index contributed by atoms with van der Waals surface area (Å²) < 4.78 is 41.5. The number of alkyl halides is 3. The molecule has 2 aromatic heterocycles. The smallest absolute Gasteiger partial charge is 0.282 e. The topological polar surface area (TPSA) is 59.7 Å². The van der Waals surface area contributed by atoms with Crippen molar-refractivity contribution in [2.24, 2.45) is 0 Å².